The second-order valence-corrected chi connectivity index (χ2v) is 8.40. The number of anilines is 2. The number of furan rings is 1. The van der Waals surface area contributed by atoms with Gasteiger partial charge < -0.3 is 15.1 Å². The van der Waals surface area contributed by atoms with Crippen molar-refractivity contribution in [1.82, 2.24) is 4.72 Å². The van der Waals surface area contributed by atoms with E-state index >= 15 is 0 Å². The van der Waals surface area contributed by atoms with Crippen LogP contribution in [-0.2, 0) is 21.4 Å². The highest BCUT2D eigenvalue weighted by Gasteiger charge is 2.20. The number of rotatable bonds is 7. The molecule has 3 aromatic rings. The first-order valence-electron chi connectivity index (χ1n) is 8.75. The summed E-state index contributed by atoms with van der Waals surface area (Å²) in [6.45, 7) is 1.34. The summed E-state index contributed by atoms with van der Waals surface area (Å²) in [7, 11) is -3.98. The van der Waals surface area contributed by atoms with Gasteiger partial charge in [-0.15, -0.1) is 0 Å². The van der Waals surface area contributed by atoms with Crippen LogP contribution >= 0.6 is 11.6 Å². The predicted molar refractivity (Wildman–Crippen MR) is 113 cm³/mol. The molecule has 2 aromatic carbocycles. The highest BCUT2D eigenvalue weighted by Crippen LogP contribution is 2.24. The minimum absolute atomic E-state index is 0.0156. The monoisotopic (exact) mass is 447 g/mol. The molecule has 0 radical (unpaired) electrons. The lowest BCUT2D eigenvalue weighted by molar-refractivity contribution is -0.114. The summed E-state index contributed by atoms with van der Waals surface area (Å²) >= 11 is 6.06. The second-order valence-electron chi connectivity index (χ2n) is 6.26. The van der Waals surface area contributed by atoms with Crippen LogP contribution in [0.4, 0.5) is 11.4 Å². The Labute approximate surface area is 178 Å². The van der Waals surface area contributed by atoms with Crippen LogP contribution in [0.15, 0.2) is 70.2 Å². The van der Waals surface area contributed by atoms with Crippen LogP contribution in [0.1, 0.15) is 23.0 Å². The molecule has 10 heteroatoms. The third kappa shape index (κ3) is 5.47. The zero-order valence-electron chi connectivity index (χ0n) is 15.8. The summed E-state index contributed by atoms with van der Waals surface area (Å²) in [4.78, 5) is 23.4. The Bertz CT molecular complexity index is 1160. The molecule has 3 N–H and O–H groups in total. The van der Waals surface area contributed by atoms with Crippen LogP contribution in [-0.4, -0.2) is 20.2 Å². The first-order chi connectivity index (χ1) is 14.2. The molecule has 30 heavy (non-hydrogen) atoms. The van der Waals surface area contributed by atoms with Gasteiger partial charge in [-0.25, -0.2) is 13.1 Å². The maximum atomic E-state index is 12.6. The fourth-order valence-electron chi connectivity index (χ4n) is 2.55. The van der Waals surface area contributed by atoms with E-state index in [1.807, 2.05) is 0 Å². The van der Waals surface area contributed by atoms with E-state index in [0.29, 0.717) is 17.1 Å². The Morgan fingerprint density at radius 1 is 1.00 bits per heavy atom. The molecule has 0 saturated heterocycles. The Kier molecular flexibility index (Phi) is 6.56. The van der Waals surface area contributed by atoms with Gasteiger partial charge in [-0.1, -0.05) is 11.6 Å². The fraction of sp³-hybridized carbons (Fsp3) is 0.100. The smallest absolute Gasteiger partial charge is 0.255 e. The fourth-order valence-corrected chi connectivity index (χ4v) is 4.07. The molecule has 1 aromatic heterocycles. The van der Waals surface area contributed by atoms with Gasteiger partial charge in [-0.2, -0.15) is 0 Å². The molecule has 3 rings (SSSR count). The van der Waals surface area contributed by atoms with Crippen LogP contribution in [0, 0.1) is 0 Å². The highest BCUT2D eigenvalue weighted by atomic mass is 35.5. The van der Waals surface area contributed by atoms with Gasteiger partial charge in [0.05, 0.1) is 17.8 Å². The van der Waals surface area contributed by atoms with Gasteiger partial charge in [0.15, 0.2) is 0 Å². The summed E-state index contributed by atoms with van der Waals surface area (Å²) < 4.78 is 32.7. The van der Waals surface area contributed by atoms with Crippen LogP contribution in [0.2, 0.25) is 5.02 Å². The molecule has 0 aliphatic rings. The number of carbonyl (C=O) groups excluding carboxylic acids is 2. The van der Waals surface area contributed by atoms with E-state index < -0.39 is 15.9 Å². The number of hydrogen-bond acceptors (Lipinski definition) is 5. The van der Waals surface area contributed by atoms with Crippen molar-refractivity contribution in [3.8, 4) is 0 Å². The Hall–Kier alpha value is -3.14. The quantitative estimate of drug-likeness (QED) is 0.511. The standard InChI is InChI=1S/C20H18ClN3O5S/c1-13(25)23-15-5-7-16(8-6-15)24-20(26)14-4-9-18(21)19(11-14)30(27,28)22-12-17-3-2-10-29-17/h2-11,22H,12H2,1H3,(H,23,25)(H,24,26). The van der Waals surface area contributed by atoms with Gasteiger partial charge in [0, 0.05) is 23.9 Å². The Morgan fingerprint density at radius 3 is 2.27 bits per heavy atom. The molecule has 156 valence electrons. The molecule has 0 saturated carbocycles. The molecular weight excluding hydrogens is 430 g/mol. The van der Waals surface area contributed by atoms with Crippen molar-refractivity contribution in [2.24, 2.45) is 0 Å². The van der Waals surface area contributed by atoms with Crippen molar-refractivity contribution in [1.29, 1.82) is 0 Å². The topological polar surface area (TPSA) is 118 Å². The minimum Gasteiger partial charge on any atom is -0.468 e. The van der Waals surface area contributed by atoms with Crippen LogP contribution in [0.3, 0.4) is 0 Å². The number of nitrogens with one attached hydrogen (secondary N) is 3. The number of carbonyl (C=O) groups is 2. The first-order valence-corrected chi connectivity index (χ1v) is 10.6. The lowest BCUT2D eigenvalue weighted by atomic mass is 10.2. The molecule has 0 spiro atoms. The normalized spacial score (nSPS) is 11.1. The van der Waals surface area contributed by atoms with Gasteiger partial charge in [0.2, 0.25) is 15.9 Å². The lowest BCUT2D eigenvalue weighted by Crippen LogP contribution is -2.24. The number of benzene rings is 2. The van der Waals surface area contributed by atoms with Crippen molar-refractivity contribution in [2.45, 2.75) is 18.4 Å². The lowest BCUT2D eigenvalue weighted by Gasteiger charge is -2.11. The van der Waals surface area contributed by atoms with Gasteiger partial charge in [0.1, 0.15) is 10.7 Å². The van der Waals surface area contributed by atoms with Crippen molar-refractivity contribution < 1.29 is 22.4 Å². The van der Waals surface area contributed by atoms with E-state index in [9.17, 15) is 18.0 Å². The van der Waals surface area contributed by atoms with E-state index in [4.69, 9.17) is 16.0 Å². The number of amides is 2. The van der Waals surface area contributed by atoms with Crippen molar-refractivity contribution >= 4 is 44.8 Å². The van der Waals surface area contributed by atoms with E-state index in [0.717, 1.165) is 0 Å². The summed E-state index contributed by atoms with van der Waals surface area (Å²) in [5.74, 6) is -0.282. The molecule has 2 amide bonds. The second kappa shape index (κ2) is 9.12. The molecule has 0 atom stereocenters. The molecule has 1 heterocycles. The van der Waals surface area contributed by atoms with Gasteiger partial charge in [-0.3, -0.25) is 9.59 Å². The minimum atomic E-state index is -3.98. The predicted octanol–water partition coefficient (Wildman–Crippen LogP) is 3.62. The van der Waals surface area contributed by atoms with E-state index in [1.165, 1.54) is 31.4 Å². The Balaban J connectivity index is 1.75. The molecule has 0 fully saturated rings. The molecule has 0 unspecified atom stereocenters. The van der Waals surface area contributed by atoms with Crippen molar-refractivity contribution in [3.63, 3.8) is 0 Å². The highest BCUT2D eigenvalue weighted by molar-refractivity contribution is 7.89. The van der Waals surface area contributed by atoms with E-state index in [2.05, 4.69) is 15.4 Å². The number of sulfonamides is 1. The summed E-state index contributed by atoms with van der Waals surface area (Å²) in [5.41, 5.74) is 1.18. The van der Waals surface area contributed by atoms with Gasteiger partial charge in [0.25, 0.3) is 5.91 Å². The molecule has 0 aliphatic carbocycles. The average Bonchev–Trinajstić information content (AvgIpc) is 3.21. The van der Waals surface area contributed by atoms with Crippen LogP contribution in [0.25, 0.3) is 0 Å². The Morgan fingerprint density at radius 2 is 1.67 bits per heavy atom. The third-order valence-corrected chi connectivity index (χ3v) is 5.85. The average molecular weight is 448 g/mol. The third-order valence-electron chi connectivity index (χ3n) is 3.96. The molecule has 0 aliphatic heterocycles. The summed E-state index contributed by atoms with van der Waals surface area (Å²) in [6, 6.07) is 13.7. The van der Waals surface area contributed by atoms with Gasteiger partial charge >= 0.3 is 0 Å². The SMILES string of the molecule is CC(=O)Nc1ccc(NC(=O)c2ccc(Cl)c(S(=O)(=O)NCc3ccco3)c2)cc1. The maximum absolute atomic E-state index is 12.6. The largest absolute Gasteiger partial charge is 0.468 e. The molecule has 0 bridgehead atoms. The van der Waals surface area contributed by atoms with Crippen molar-refractivity contribution in [2.75, 3.05) is 10.6 Å². The zero-order valence-corrected chi connectivity index (χ0v) is 17.4. The number of halogens is 1. The zero-order chi connectivity index (χ0) is 21.7. The van der Waals surface area contributed by atoms with E-state index in [1.54, 1.807) is 36.4 Å². The summed E-state index contributed by atoms with van der Waals surface area (Å²) in [5, 5.41) is 5.27. The van der Waals surface area contributed by atoms with Gasteiger partial charge in [-0.05, 0) is 54.6 Å². The number of hydrogen-bond donors (Lipinski definition) is 3. The van der Waals surface area contributed by atoms with Crippen molar-refractivity contribution in [3.05, 3.63) is 77.2 Å². The maximum Gasteiger partial charge on any atom is 0.255 e. The summed E-state index contributed by atoms with van der Waals surface area (Å²) in [6.07, 6.45) is 1.43. The molecular formula is C20H18ClN3O5S. The van der Waals surface area contributed by atoms with E-state index in [-0.39, 0.29) is 27.9 Å². The molecule has 8 nitrogen and oxygen atoms in total. The van der Waals surface area contributed by atoms with Crippen LogP contribution < -0.4 is 15.4 Å². The van der Waals surface area contributed by atoms with Crippen LogP contribution in [0.5, 0.6) is 0 Å². The first kappa shape index (κ1) is 21.6.